The van der Waals surface area contributed by atoms with Crippen molar-refractivity contribution >= 4 is 32.8 Å². The summed E-state index contributed by atoms with van der Waals surface area (Å²) in [6.45, 7) is 2.22. The van der Waals surface area contributed by atoms with Gasteiger partial charge in [-0.05, 0) is 59.7 Å². The van der Waals surface area contributed by atoms with E-state index in [2.05, 4.69) is 72.2 Å². The highest BCUT2D eigenvalue weighted by molar-refractivity contribution is 6.22. The van der Waals surface area contributed by atoms with Crippen LogP contribution in [-0.2, 0) is 7.05 Å². The highest BCUT2D eigenvalue weighted by Crippen LogP contribution is 2.43. The van der Waals surface area contributed by atoms with Crippen LogP contribution < -0.4 is 4.57 Å². The predicted molar refractivity (Wildman–Crippen MR) is 122 cm³/mol. The van der Waals surface area contributed by atoms with Crippen molar-refractivity contribution in [2.75, 3.05) is 0 Å². The van der Waals surface area contributed by atoms with Crippen LogP contribution in [-0.4, -0.2) is 4.98 Å². The molecule has 30 heavy (non-hydrogen) atoms. The number of rotatable bonds is 2. The van der Waals surface area contributed by atoms with Gasteiger partial charge in [0.2, 0.25) is 11.4 Å². The maximum atomic E-state index is 6.42. The van der Waals surface area contributed by atoms with Crippen LogP contribution in [0.3, 0.4) is 0 Å². The van der Waals surface area contributed by atoms with E-state index in [0.717, 1.165) is 11.0 Å². The topological polar surface area (TPSA) is 29.9 Å². The molecule has 148 valence electrons. The maximum Gasteiger partial charge on any atom is 0.227 e. The molecule has 5 aromatic rings. The Morgan fingerprint density at radius 2 is 1.73 bits per heavy atom. The van der Waals surface area contributed by atoms with Gasteiger partial charge in [-0.15, -0.1) is 0 Å². The molecule has 1 fully saturated rings. The number of hydrogen-bond donors (Lipinski definition) is 0. The van der Waals surface area contributed by atoms with E-state index in [0.29, 0.717) is 11.6 Å². The molecule has 1 saturated carbocycles. The lowest BCUT2D eigenvalue weighted by molar-refractivity contribution is -0.660. The molecular formula is C27H25N2O+. The van der Waals surface area contributed by atoms with Crippen molar-refractivity contribution in [2.24, 2.45) is 7.05 Å². The van der Waals surface area contributed by atoms with E-state index in [1.807, 2.05) is 6.07 Å². The SMILES string of the molecule is Cc1c(-c2cc(C3CCCC3)cc[n+]2C)c2oc3ncccc3c2c2ccccc12. The van der Waals surface area contributed by atoms with Crippen LogP contribution in [0, 0.1) is 6.92 Å². The van der Waals surface area contributed by atoms with Gasteiger partial charge < -0.3 is 4.42 Å². The minimum absolute atomic E-state index is 0.679. The second kappa shape index (κ2) is 6.66. The molecule has 0 radical (unpaired) electrons. The van der Waals surface area contributed by atoms with E-state index in [1.54, 1.807) is 6.20 Å². The quantitative estimate of drug-likeness (QED) is 0.317. The number of hydrogen-bond acceptors (Lipinski definition) is 2. The lowest BCUT2D eigenvalue weighted by Gasteiger charge is -2.13. The van der Waals surface area contributed by atoms with Crippen LogP contribution in [0.5, 0.6) is 0 Å². The summed E-state index contributed by atoms with van der Waals surface area (Å²) in [4.78, 5) is 4.52. The van der Waals surface area contributed by atoms with Crippen LogP contribution in [0.15, 0.2) is 65.3 Å². The number of aromatic nitrogens is 2. The molecule has 0 atom stereocenters. The Kier molecular flexibility index (Phi) is 3.92. The smallest absolute Gasteiger partial charge is 0.227 e. The molecule has 3 heteroatoms. The fourth-order valence-corrected chi connectivity index (χ4v) is 5.36. The number of nitrogens with zero attached hydrogens (tertiary/aromatic N) is 2. The number of aryl methyl sites for hydroxylation is 2. The van der Waals surface area contributed by atoms with E-state index in [4.69, 9.17) is 4.42 Å². The third-order valence-corrected chi connectivity index (χ3v) is 6.93. The summed E-state index contributed by atoms with van der Waals surface area (Å²) in [5, 5.41) is 4.76. The minimum atomic E-state index is 0.679. The van der Waals surface area contributed by atoms with Gasteiger partial charge >= 0.3 is 0 Å². The molecule has 0 bridgehead atoms. The van der Waals surface area contributed by atoms with Crippen LogP contribution in [0.4, 0.5) is 0 Å². The van der Waals surface area contributed by atoms with E-state index >= 15 is 0 Å². The monoisotopic (exact) mass is 393 g/mol. The Labute approximate surface area is 176 Å². The molecule has 1 aliphatic rings. The van der Waals surface area contributed by atoms with Gasteiger partial charge in [0.05, 0.1) is 5.56 Å². The molecule has 0 spiro atoms. The molecule has 0 unspecified atom stereocenters. The van der Waals surface area contributed by atoms with Crippen molar-refractivity contribution in [3.8, 4) is 11.3 Å². The van der Waals surface area contributed by atoms with Crippen LogP contribution in [0.1, 0.15) is 42.7 Å². The van der Waals surface area contributed by atoms with Crippen LogP contribution in [0.25, 0.3) is 44.1 Å². The van der Waals surface area contributed by atoms with E-state index in [9.17, 15) is 0 Å². The first kappa shape index (κ1) is 17.6. The Morgan fingerprint density at radius 1 is 0.967 bits per heavy atom. The Morgan fingerprint density at radius 3 is 2.57 bits per heavy atom. The summed E-state index contributed by atoms with van der Waals surface area (Å²) in [7, 11) is 2.13. The molecule has 2 aromatic carbocycles. The molecule has 3 aromatic heterocycles. The van der Waals surface area contributed by atoms with Crippen molar-refractivity contribution in [3.05, 3.63) is 72.1 Å². The minimum Gasteiger partial charge on any atom is -0.437 e. The summed E-state index contributed by atoms with van der Waals surface area (Å²) in [5.74, 6) is 0.679. The van der Waals surface area contributed by atoms with Crippen LogP contribution >= 0.6 is 0 Å². The number of pyridine rings is 2. The lowest BCUT2D eigenvalue weighted by Crippen LogP contribution is -2.31. The molecule has 1 aliphatic carbocycles. The average molecular weight is 394 g/mol. The molecule has 3 nitrogen and oxygen atoms in total. The normalized spacial score (nSPS) is 15.0. The zero-order chi connectivity index (χ0) is 20.2. The molecule has 0 N–H and O–H groups in total. The average Bonchev–Trinajstić information content (AvgIpc) is 3.43. The molecule has 0 amide bonds. The summed E-state index contributed by atoms with van der Waals surface area (Å²) in [6, 6.07) is 17.5. The Hall–Kier alpha value is -3.20. The summed E-state index contributed by atoms with van der Waals surface area (Å²) in [5.41, 5.74) is 6.76. The molecule has 3 heterocycles. The molecular weight excluding hydrogens is 368 g/mol. The molecule has 6 rings (SSSR count). The highest BCUT2D eigenvalue weighted by Gasteiger charge is 2.26. The number of benzene rings is 2. The fraction of sp³-hybridized carbons (Fsp3) is 0.259. The number of furan rings is 1. The van der Waals surface area contributed by atoms with Crippen molar-refractivity contribution in [1.82, 2.24) is 4.98 Å². The van der Waals surface area contributed by atoms with Crippen molar-refractivity contribution < 1.29 is 8.98 Å². The summed E-state index contributed by atoms with van der Waals surface area (Å²) >= 11 is 0. The van der Waals surface area contributed by atoms with Crippen LogP contribution in [0.2, 0.25) is 0 Å². The van der Waals surface area contributed by atoms with Gasteiger partial charge in [0.1, 0.15) is 7.05 Å². The molecule has 0 aliphatic heterocycles. The van der Waals surface area contributed by atoms with E-state index < -0.39 is 0 Å². The molecule has 0 saturated heterocycles. The zero-order valence-corrected chi connectivity index (χ0v) is 17.5. The third-order valence-electron chi connectivity index (χ3n) is 6.93. The second-order valence-electron chi connectivity index (χ2n) is 8.65. The maximum absolute atomic E-state index is 6.42. The first-order chi connectivity index (χ1) is 14.7. The van der Waals surface area contributed by atoms with Gasteiger partial charge in [-0.3, -0.25) is 0 Å². The largest absolute Gasteiger partial charge is 0.437 e. The second-order valence-corrected chi connectivity index (χ2v) is 8.65. The third kappa shape index (κ3) is 2.51. The Balaban J connectivity index is 1.75. The van der Waals surface area contributed by atoms with Crippen molar-refractivity contribution in [2.45, 2.75) is 38.5 Å². The fourth-order valence-electron chi connectivity index (χ4n) is 5.36. The van der Waals surface area contributed by atoms with Crippen molar-refractivity contribution in [3.63, 3.8) is 0 Å². The van der Waals surface area contributed by atoms with E-state index in [1.165, 1.54) is 64.2 Å². The predicted octanol–water partition coefficient (Wildman–Crippen LogP) is 6.59. The van der Waals surface area contributed by atoms with Gasteiger partial charge in [-0.1, -0.05) is 37.1 Å². The summed E-state index contributed by atoms with van der Waals surface area (Å²) in [6.07, 6.45) is 9.30. The standard InChI is InChI=1S/C27H25N2O/c1-17-20-10-5-6-11-21(20)25-22-12-7-14-28-27(22)30-26(25)24(17)23-16-19(13-15-29(23)2)18-8-3-4-9-18/h5-7,10-16,18H,3-4,8-9H2,1-2H3/q+1. The first-order valence-corrected chi connectivity index (χ1v) is 10.9. The van der Waals surface area contributed by atoms with Gasteiger partial charge in [0, 0.05) is 29.1 Å². The van der Waals surface area contributed by atoms with Gasteiger partial charge in [0.25, 0.3) is 0 Å². The highest BCUT2D eigenvalue weighted by atomic mass is 16.3. The van der Waals surface area contributed by atoms with E-state index in [-0.39, 0.29) is 0 Å². The van der Waals surface area contributed by atoms with Gasteiger partial charge in [0.15, 0.2) is 11.8 Å². The first-order valence-electron chi connectivity index (χ1n) is 10.9. The summed E-state index contributed by atoms with van der Waals surface area (Å²) < 4.78 is 8.65. The zero-order valence-electron chi connectivity index (χ0n) is 17.5. The number of fused-ring (bicyclic) bond motifs is 5. The Bertz CT molecular complexity index is 1420. The van der Waals surface area contributed by atoms with Gasteiger partial charge in [-0.2, -0.15) is 0 Å². The van der Waals surface area contributed by atoms with Gasteiger partial charge in [-0.25, -0.2) is 9.55 Å². The lowest BCUT2D eigenvalue weighted by atomic mass is 9.91. The van der Waals surface area contributed by atoms with Crippen molar-refractivity contribution in [1.29, 1.82) is 0 Å².